The standard InChI is InChI=1S/C18H22N2O7/c1-17(2)10-18(6-7-26-17)12(9-15(21)27-18)16(22)19-13-8-11(20(23)24)4-5-14(13)25-3/h4-5,8,12H,6-7,9-10H2,1-3H3,(H,19,22)/t12-,18-/m1/s1. The predicted octanol–water partition coefficient (Wildman–Crippen LogP) is 2.43. The molecule has 9 heteroatoms. The quantitative estimate of drug-likeness (QED) is 0.486. The largest absolute Gasteiger partial charge is 0.495 e. The fourth-order valence-corrected chi connectivity index (χ4v) is 3.90. The first-order valence-corrected chi connectivity index (χ1v) is 8.65. The maximum Gasteiger partial charge on any atom is 0.307 e. The van der Waals surface area contributed by atoms with Crippen LogP contribution >= 0.6 is 0 Å². The lowest BCUT2D eigenvalue weighted by atomic mass is 9.75. The molecule has 2 fully saturated rings. The van der Waals surface area contributed by atoms with E-state index in [1.165, 1.54) is 25.3 Å². The van der Waals surface area contributed by atoms with Crippen molar-refractivity contribution in [3.63, 3.8) is 0 Å². The third-order valence-corrected chi connectivity index (χ3v) is 5.03. The minimum absolute atomic E-state index is 0.0425. The summed E-state index contributed by atoms with van der Waals surface area (Å²) in [6.45, 7) is 4.15. The molecule has 146 valence electrons. The monoisotopic (exact) mass is 378 g/mol. The molecule has 1 spiro atoms. The number of ether oxygens (including phenoxy) is 3. The van der Waals surface area contributed by atoms with Gasteiger partial charge < -0.3 is 19.5 Å². The SMILES string of the molecule is COc1ccc([N+](=O)[O-])cc1NC(=O)[C@H]1CC(=O)O[C@@]12CCOC(C)(C)C2. The van der Waals surface area contributed by atoms with Crippen LogP contribution in [0.25, 0.3) is 0 Å². The highest BCUT2D eigenvalue weighted by molar-refractivity contribution is 5.98. The smallest absolute Gasteiger partial charge is 0.307 e. The highest BCUT2D eigenvalue weighted by Crippen LogP contribution is 2.46. The van der Waals surface area contributed by atoms with Gasteiger partial charge in [0.2, 0.25) is 5.91 Å². The third kappa shape index (κ3) is 3.73. The van der Waals surface area contributed by atoms with Crippen LogP contribution in [-0.4, -0.2) is 41.7 Å². The summed E-state index contributed by atoms with van der Waals surface area (Å²) in [6, 6.07) is 3.94. The molecule has 0 aromatic heterocycles. The van der Waals surface area contributed by atoms with Crippen LogP contribution in [0, 0.1) is 16.0 Å². The molecule has 27 heavy (non-hydrogen) atoms. The van der Waals surface area contributed by atoms with Gasteiger partial charge in [-0.1, -0.05) is 0 Å². The van der Waals surface area contributed by atoms with Crippen LogP contribution in [0.5, 0.6) is 5.75 Å². The number of carbonyl (C=O) groups is 2. The van der Waals surface area contributed by atoms with Gasteiger partial charge in [-0.05, 0) is 19.9 Å². The molecule has 9 nitrogen and oxygen atoms in total. The molecule has 2 heterocycles. The number of carbonyl (C=O) groups excluding carboxylic acids is 2. The summed E-state index contributed by atoms with van der Waals surface area (Å²) in [5, 5.41) is 13.7. The van der Waals surface area contributed by atoms with E-state index in [-0.39, 0.29) is 17.8 Å². The van der Waals surface area contributed by atoms with Crippen molar-refractivity contribution in [2.24, 2.45) is 5.92 Å². The van der Waals surface area contributed by atoms with Gasteiger partial charge in [0.15, 0.2) is 0 Å². The lowest BCUT2D eigenvalue weighted by molar-refractivity contribution is -0.384. The van der Waals surface area contributed by atoms with Crippen LogP contribution in [0.4, 0.5) is 11.4 Å². The van der Waals surface area contributed by atoms with Crippen LogP contribution in [0.15, 0.2) is 18.2 Å². The van der Waals surface area contributed by atoms with Crippen LogP contribution in [-0.2, 0) is 19.1 Å². The molecule has 0 radical (unpaired) electrons. The lowest BCUT2D eigenvalue weighted by Crippen LogP contribution is -2.52. The van der Waals surface area contributed by atoms with E-state index < -0.39 is 33.9 Å². The number of non-ortho nitro benzene ring substituents is 1. The zero-order valence-corrected chi connectivity index (χ0v) is 15.4. The number of esters is 1. The van der Waals surface area contributed by atoms with E-state index in [9.17, 15) is 19.7 Å². The predicted molar refractivity (Wildman–Crippen MR) is 94.5 cm³/mol. The number of benzene rings is 1. The molecule has 0 aliphatic carbocycles. The summed E-state index contributed by atoms with van der Waals surface area (Å²) in [5.74, 6) is -1.28. The Labute approximate surface area is 156 Å². The maximum absolute atomic E-state index is 13.0. The van der Waals surface area contributed by atoms with Gasteiger partial charge >= 0.3 is 5.97 Å². The summed E-state index contributed by atoms with van der Waals surface area (Å²) >= 11 is 0. The summed E-state index contributed by atoms with van der Waals surface area (Å²) in [4.78, 5) is 35.5. The molecule has 0 bridgehead atoms. The molecule has 3 rings (SSSR count). The fraction of sp³-hybridized carbons (Fsp3) is 0.556. The summed E-state index contributed by atoms with van der Waals surface area (Å²) in [7, 11) is 1.40. The zero-order valence-electron chi connectivity index (χ0n) is 15.4. The minimum Gasteiger partial charge on any atom is -0.495 e. The maximum atomic E-state index is 13.0. The normalized spacial score (nSPS) is 26.5. The molecule has 1 aromatic carbocycles. The van der Waals surface area contributed by atoms with Crippen LogP contribution in [0.1, 0.15) is 33.1 Å². The molecule has 2 aliphatic rings. The number of nitrogens with zero attached hydrogens (tertiary/aromatic N) is 1. The lowest BCUT2D eigenvalue weighted by Gasteiger charge is -2.43. The van der Waals surface area contributed by atoms with Crippen molar-refractivity contribution in [3.8, 4) is 5.75 Å². The van der Waals surface area contributed by atoms with Gasteiger partial charge in [-0.2, -0.15) is 0 Å². The van der Waals surface area contributed by atoms with E-state index in [4.69, 9.17) is 14.2 Å². The number of nitrogens with one attached hydrogen (secondary N) is 1. The van der Waals surface area contributed by atoms with E-state index in [1.54, 1.807) is 0 Å². The second kappa shape index (κ2) is 6.80. The molecule has 2 aliphatic heterocycles. The van der Waals surface area contributed by atoms with Crippen LogP contribution < -0.4 is 10.1 Å². The van der Waals surface area contributed by atoms with Gasteiger partial charge in [-0.15, -0.1) is 0 Å². The highest BCUT2D eigenvalue weighted by atomic mass is 16.6. The second-order valence-corrected chi connectivity index (χ2v) is 7.46. The van der Waals surface area contributed by atoms with Crippen LogP contribution in [0.2, 0.25) is 0 Å². The Morgan fingerprint density at radius 3 is 2.78 bits per heavy atom. The number of nitro groups is 1. The van der Waals surface area contributed by atoms with Crippen molar-refractivity contribution in [1.29, 1.82) is 0 Å². The van der Waals surface area contributed by atoms with E-state index >= 15 is 0 Å². The van der Waals surface area contributed by atoms with Gasteiger partial charge in [0.05, 0.1) is 42.3 Å². The van der Waals surface area contributed by atoms with Crippen molar-refractivity contribution in [1.82, 2.24) is 0 Å². The summed E-state index contributed by atoms with van der Waals surface area (Å²) < 4.78 is 16.5. The average Bonchev–Trinajstić information content (AvgIpc) is 2.88. The first-order valence-electron chi connectivity index (χ1n) is 8.65. The van der Waals surface area contributed by atoms with Gasteiger partial charge in [0, 0.05) is 25.0 Å². The second-order valence-electron chi connectivity index (χ2n) is 7.46. The number of methoxy groups -OCH3 is 1. The van der Waals surface area contributed by atoms with Crippen molar-refractivity contribution in [2.45, 2.75) is 44.3 Å². The minimum atomic E-state index is -0.934. The molecule has 0 saturated carbocycles. The fourth-order valence-electron chi connectivity index (χ4n) is 3.90. The Kier molecular flexibility index (Phi) is 4.81. The molecule has 2 saturated heterocycles. The number of hydrogen-bond donors (Lipinski definition) is 1. The number of amides is 1. The number of hydrogen-bond acceptors (Lipinski definition) is 7. The molecular weight excluding hydrogens is 356 g/mol. The van der Waals surface area contributed by atoms with Crippen molar-refractivity contribution >= 4 is 23.3 Å². The molecular formula is C18H22N2O7. The Morgan fingerprint density at radius 1 is 1.41 bits per heavy atom. The molecule has 1 N–H and O–H groups in total. The first kappa shape index (κ1) is 19.1. The average molecular weight is 378 g/mol. The van der Waals surface area contributed by atoms with E-state index in [0.717, 1.165) is 0 Å². The van der Waals surface area contributed by atoms with Crippen molar-refractivity contribution < 1.29 is 28.7 Å². The van der Waals surface area contributed by atoms with Gasteiger partial charge in [-0.25, -0.2) is 0 Å². The molecule has 0 unspecified atom stereocenters. The number of anilines is 1. The topological polar surface area (TPSA) is 117 Å². The molecule has 1 aromatic rings. The van der Waals surface area contributed by atoms with Crippen molar-refractivity contribution in [2.75, 3.05) is 19.0 Å². The van der Waals surface area contributed by atoms with Gasteiger partial charge in [0.1, 0.15) is 11.4 Å². The Balaban J connectivity index is 1.88. The highest BCUT2D eigenvalue weighted by Gasteiger charge is 2.56. The zero-order chi connectivity index (χ0) is 19.8. The Morgan fingerprint density at radius 2 is 2.15 bits per heavy atom. The summed E-state index contributed by atoms with van der Waals surface area (Å²) in [6.07, 6.45) is 0.779. The van der Waals surface area contributed by atoms with Gasteiger partial charge in [-0.3, -0.25) is 19.7 Å². The summed E-state index contributed by atoms with van der Waals surface area (Å²) in [5.41, 5.74) is -1.45. The number of nitro benzene ring substituents is 1. The van der Waals surface area contributed by atoms with E-state index in [0.29, 0.717) is 25.2 Å². The Hall–Kier alpha value is -2.68. The van der Waals surface area contributed by atoms with E-state index in [1.807, 2.05) is 13.8 Å². The van der Waals surface area contributed by atoms with Gasteiger partial charge in [0.25, 0.3) is 5.69 Å². The number of rotatable bonds is 4. The Bertz CT molecular complexity index is 792. The third-order valence-electron chi connectivity index (χ3n) is 5.03. The van der Waals surface area contributed by atoms with Crippen molar-refractivity contribution in [3.05, 3.63) is 28.3 Å². The molecule has 1 amide bonds. The van der Waals surface area contributed by atoms with E-state index in [2.05, 4.69) is 5.32 Å². The van der Waals surface area contributed by atoms with Crippen LogP contribution in [0.3, 0.4) is 0 Å². The first-order chi connectivity index (χ1) is 12.7. The molecule has 2 atom stereocenters.